The molecule has 0 radical (unpaired) electrons. The summed E-state index contributed by atoms with van der Waals surface area (Å²) in [5.74, 6) is -1.06. The molecule has 186 valence electrons. The Morgan fingerprint density at radius 2 is 1.72 bits per heavy atom. The molecule has 1 fully saturated rings. The Kier molecular flexibility index (Phi) is 7.36. The van der Waals surface area contributed by atoms with Crippen molar-refractivity contribution in [1.82, 2.24) is 0 Å². The van der Waals surface area contributed by atoms with Crippen LogP contribution in [0.4, 0.5) is 11.4 Å². The lowest BCUT2D eigenvalue weighted by molar-refractivity contribution is -0.132. The number of benzene rings is 3. The number of nitrogens with zero attached hydrogens (tertiary/aromatic N) is 2. The maximum absolute atomic E-state index is 13.4. The van der Waals surface area contributed by atoms with Crippen molar-refractivity contribution in [3.63, 3.8) is 0 Å². The van der Waals surface area contributed by atoms with Gasteiger partial charge in [-0.2, -0.15) is 0 Å². The predicted molar refractivity (Wildman–Crippen MR) is 144 cm³/mol. The number of aliphatic hydroxyl groups excluding tert-OH is 1. The quantitative estimate of drug-likeness (QED) is 0.238. The number of amides is 1. The average molecular weight is 505 g/mol. The minimum Gasteiger partial charge on any atom is -0.507 e. The zero-order valence-corrected chi connectivity index (χ0v) is 21.5. The van der Waals surface area contributed by atoms with Gasteiger partial charge in [-0.25, -0.2) is 0 Å². The smallest absolute Gasteiger partial charge is 0.300 e. The molecule has 1 heterocycles. The van der Waals surface area contributed by atoms with Gasteiger partial charge >= 0.3 is 0 Å². The van der Waals surface area contributed by atoms with E-state index in [1.165, 1.54) is 4.90 Å². The largest absolute Gasteiger partial charge is 0.507 e. The highest BCUT2D eigenvalue weighted by Gasteiger charge is 2.47. The number of hydrogen-bond acceptors (Lipinski definition) is 5. The number of carbonyl (C=O) groups excluding carboxylic acids is 2. The van der Waals surface area contributed by atoms with Crippen LogP contribution in [0.5, 0.6) is 5.75 Å². The Morgan fingerprint density at radius 3 is 2.31 bits per heavy atom. The number of carbonyl (C=O) groups is 2. The zero-order chi connectivity index (χ0) is 26.0. The van der Waals surface area contributed by atoms with Gasteiger partial charge in [-0.1, -0.05) is 29.8 Å². The Morgan fingerprint density at radius 1 is 1.03 bits per heavy atom. The molecule has 0 bridgehead atoms. The fourth-order valence-electron chi connectivity index (χ4n) is 4.67. The first-order valence-electron chi connectivity index (χ1n) is 11.9. The maximum Gasteiger partial charge on any atom is 0.300 e. The number of aryl methyl sites for hydroxylation is 1. The molecule has 0 aliphatic carbocycles. The second-order valence-electron chi connectivity index (χ2n) is 8.59. The van der Waals surface area contributed by atoms with E-state index in [4.69, 9.17) is 16.3 Å². The van der Waals surface area contributed by atoms with Crippen molar-refractivity contribution in [3.8, 4) is 5.75 Å². The van der Waals surface area contributed by atoms with Crippen LogP contribution < -0.4 is 14.5 Å². The van der Waals surface area contributed by atoms with Crippen LogP contribution in [0, 0.1) is 6.92 Å². The zero-order valence-electron chi connectivity index (χ0n) is 20.8. The van der Waals surface area contributed by atoms with Gasteiger partial charge in [-0.15, -0.1) is 0 Å². The number of halogens is 1. The highest BCUT2D eigenvalue weighted by atomic mass is 35.5. The second-order valence-corrected chi connectivity index (χ2v) is 9.03. The van der Waals surface area contributed by atoms with Crippen LogP contribution in [0.3, 0.4) is 0 Å². The molecule has 3 aromatic rings. The summed E-state index contributed by atoms with van der Waals surface area (Å²) in [4.78, 5) is 30.4. The average Bonchev–Trinajstić information content (AvgIpc) is 3.15. The normalized spacial score (nSPS) is 16.9. The van der Waals surface area contributed by atoms with E-state index in [-0.39, 0.29) is 11.3 Å². The van der Waals surface area contributed by atoms with Gasteiger partial charge in [-0.05, 0) is 80.4 Å². The Hall–Kier alpha value is -3.77. The number of Topliss-reactive ketones (excluding diaryl/α,β-unsaturated/α-hetero) is 1. The molecule has 0 spiro atoms. The summed E-state index contributed by atoms with van der Waals surface area (Å²) in [5, 5.41) is 11.9. The molecule has 4 rings (SSSR count). The van der Waals surface area contributed by atoms with E-state index in [0.717, 1.165) is 24.3 Å². The van der Waals surface area contributed by atoms with E-state index in [1.807, 2.05) is 31.2 Å². The van der Waals surface area contributed by atoms with E-state index in [9.17, 15) is 14.7 Å². The molecule has 7 heteroatoms. The van der Waals surface area contributed by atoms with E-state index in [0.29, 0.717) is 27.6 Å². The molecule has 1 unspecified atom stereocenters. The number of ether oxygens (including phenoxy) is 1. The van der Waals surface area contributed by atoms with Gasteiger partial charge in [0.05, 0.1) is 18.7 Å². The third-order valence-electron chi connectivity index (χ3n) is 6.56. The van der Waals surface area contributed by atoms with Crippen molar-refractivity contribution in [3.05, 3.63) is 94.0 Å². The third kappa shape index (κ3) is 4.56. The number of anilines is 2. The van der Waals surface area contributed by atoms with Gasteiger partial charge in [0, 0.05) is 35.1 Å². The lowest BCUT2D eigenvalue weighted by Gasteiger charge is -2.27. The molecule has 1 amide bonds. The summed E-state index contributed by atoms with van der Waals surface area (Å²) >= 11 is 6.23. The number of ketones is 1. The molecule has 36 heavy (non-hydrogen) atoms. The van der Waals surface area contributed by atoms with Crippen molar-refractivity contribution in [2.75, 3.05) is 30.0 Å². The molecule has 6 nitrogen and oxygen atoms in total. The Bertz CT molecular complexity index is 1330. The molecule has 1 aliphatic rings. The molecule has 1 saturated heterocycles. The topological polar surface area (TPSA) is 70.1 Å². The second kappa shape index (κ2) is 10.5. The van der Waals surface area contributed by atoms with Crippen molar-refractivity contribution in [1.29, 1.82) is 0 Å². The van der Waals surface area contributed by atoms with E-state index in [1.54, 1.807) is 49.6 Å². The minimum atomic E-state index is -0.823. The number of aliphatic hydroxyl groups is 1. The SMILES string of the molecule is CCN(CC)c1ccc(C2/C(=C(/O)c3ccc(OC)cc3C)C(=O)C(=O)N2c2cccc(Cl)c2)cc1. The lowest BCUT2D eigenvalue weighted by Crippen LogP contribution is -2.29. The van der Waals surface area contributed by atoms with Crippen LogP contribution >= 0.6 is 11.6 Å². The van der Waals surface area contributed by atoms with Crippen LogP contribution in [0.2, 0.25) is 5.02 Å². The first kappa shape index (κ1) is 25.3. The van der Waals surface area contributed by atoms with Crippen LogP contribution in [-0.2, 0) is 9.59 Å². The summed E-state index contributed by atoms with van der Waals surface area (Å²) in [6.45, 7) is 7.70. The first-order valence-corrected chi connectivity index (χ1v) is 12.2. The molecular weight excluding hydrogens is 476 g/mol. The van der Waals surface area contributed by atoms with Crippen LogP contribution in [0.15, 0.2) is 72.3 Å². The van der Waals surface area contributed by atoms with Crippen molar-refractivity contribution >= 4 is 40.4 Å². The molecule has 0 saturated carbocycles. The highest BCUT2D eigenvalue weighted by molar-refractivity contribution is 6.51. The Balaban J connectivity index is 1.92. The summed E-state index contributed by atoms with van der Waals surface area (Å²) < 4.78 is 5.28. The maximum atomic E-state index is 13.4. The fraction of sp³-hybridized carbons (Fsp3) is 0.241. The lowest BCUT2D eigenvalue weighted by atomic mass is 9.93. The van der Waals surface area contributed by atoms with E-state index < -0.39 is 17.7 Å². The van der Waals surface area contributed by atoms with Gasteiger partial charge in [0.25, 0.3) is 11.7 Å². The summed E-state index contributed by atoms with van der Waals surface area (Å²) in [6.07, 6.45) is 0. The summed E-state index contributed by atoms with van der Waals surface area (Å²) in [5.41, 5.74) is 3.44. The van der Waals surface area contributed by atoms with Gasteiger partial charge in [-0.3, -0.25) is 14.5 Å². The van der Waals surface area contributed by atoms with Gasteiger partial charge in [0.1, 0.15) is 11.5 Å². The monoisotopic (exact) mass is 504 g/mol. The third-order valence-corrected chi connectivity index (χ3v) is 6.79. The summed E-state index contributed by atoms with van der Waals surface area (Å²) in [6, 6.07) is 18.9. The summed E-state index contributed by atoms with van der Waals surface area (Å²) in [7, 11) is 1.56. The minimum absolute atomic E-state index is 0.0313. The van der Waals surface area contributed by atoms with Crippen LogP contribution in [0.1, 0.15) is 36.6 Å². The van der Waals surface area contributed by atoms with E-state index >= 15 is 0 Å². The van der Waals surface area contributed by atoms with Gasteiger partial charge in [0.2, 0.25) is 0 Å². The van der Waals surface area contributed by atoms with Gasteiger partial charge < -0.3 is 14.7 Å². The Labute approximate surface area is 216 Å². The van der Waals surface area contributed by atoms with E-state index in [2.05, 4.69) is 18.7 Å². The highest BCUT2D eigenvalue weighted by Crippen LogP contribution is 2.43. The van der Waals surface area contributed by atoms with Gasteiger partial charge in [0.15, 0.2) is 0 Å². The molecule has 1 aliphatic heterocycles. The van der Waals surface area contributed by atoms with Crippen molar-refractivity contribution < 1.29 is 19.4 Å². The molecule has 1 atom stereocenters. The van der Waals surface area contributed by atoms with Crippen LogP contribution in [0.25, 0.3) is 5.76 Å². The van der Waals surface area contributed by atoms with Crippen molar-refractivity contribution in [2.24, 2.45) is 0 Å². The first-order chi connectivity index (χ1) is 17.3. The number of methoxy groups -OCH3 is 1. The molecular formula is C29H29ClN2O4. The van der Waals surface area contributed by atoms with Crippen molar-refractivity contribution in [2.45, 2.75) is 26.8 Å². The standard InChI is InChI=1S/C29H29ClN2O4/c1-5-31(6-2)21-12-10-19(11-13-21)26-25(27(33)24-15-14-23(36-4)16-18(24)3)28(34)29(35)32(26)22-9-7-8-20(30)17-22/h7-17,26,33H,5-6H2,1-4H3/b27-25-. The predicted octanol–water partition coefficient (Wildman–Crippen LogP) is 6.13. The molecule has 1 N–H and O–H groups in total. The number of hydrogen-bond donors (Lipinski definition) is 1. The molecule has 3 aromatic carbocycles. The fourth-order valence-corrected chi connectivity index (χ4v) is 4.85. The molecule has 0 aromatic heterocycles. The number of rotatable bonds is 7. The van der Waals surface area contributed by atoms with Crippen LogP contribution in [-0.4, -0.2) is 37.0 Å².